The zero-order chi connectivity index (χ0) is 14.6. The summed E-state index contributed by atoms with van der Waals surface area (Å²) < 4.78 is 37.7. The van der Waals surface area contributed by atoms with E-state index >= 15 is 0 Å². The molecule has 0 unspecified atom stereocenters. The topological polar surface area (TPSA) is 41.1 Å². The lowest BCUT2D eigenvalue weighted by atomic mass is 10.1. The van der Waals surface area contributed by atoms with Gasteiger partial charge in [-0.3, -0.25) is 4.79 Å². The monoisotopic (exact) mass is 274 g/mol. The number of nitrogens with one attached hydrogen (secondary N) is 2. The first-order valence-electron chi connectivity index (χ1n) is 5.91. The van der Waals surface area contributed by atoms with Gasteiger partial charge in [0.25, 0.3) is 0 Å². The van der Waals surface area contributed by atoms with Gasteiger partial charge in [-0.15, -0.1) is 0 Å². The van der Waals surface area contributed by atoms with E-state index in [0.29, 0.717) is 11.3 Å². The zero-order valence-corrected chi connectivity index (χ0v) is 11.1. The van der Waals surface area contributed by atoms with Gasteiger partial charge in [0.1, 0.15) is 0 Å². The van der Waals surface area contributed by atoms with Crippen molar-refractivity contribution in [3.63, 3.8) is 0 Å². The predicted octanol–water partition coefficient (Wildman–Crippen LogP) is 2.95. The first-order chi connectivity index (χ1) is 8.70. The van der Waals surface area contributed by atoms with Gasteiger partial charge in [0.05, 0.1) is 12.1 Å². The number of aryl methyl sites for hydroxylation is 1. The van der Waals surface area contributed by atoms with Gasteiger partial charge in [0.15, 0.2) is 0 Å². The van der Waals surface area contributed by atoms with Gasteiger partial charge in [-0.05, 0) is 38.5 Å². The maximum absolute atomic E-state index is 12.6. The van der Waals surface area contributed by atoms with E-state index in [0.717, 1.165) is 12.1 Å². The van der Waals surface area contributed by atoms with Crippen molar-refractivity contribution in [3.05, 3.63) is 29.3 Å². The molecule has 106 valence electrons. The summed E-state index contributed by atoms with van der Waals surface area (Å²) in [6, 6.07) is 3.41. The molecule has 3 nitrogen and oxygen atoms in total. The van der Waals surface area contributed by atoms with E-state index in [1.54, 1.807) is 6.92 Å². The normalized spacial score (nSPS) is 11.5. The second kappa shape index (κ2) is 5.95. The number of halogens is 3. The number of amides is 1. The number of carbonyl (C=O) groups is 1. The Bertz CT molecular complexity index is 456. The molecule has 0 aliphatic carbocycles. The Hall–Kier alpha value is -1.72. The molecule has 0 aliphatic rings. The summed E-state index contributed by atoms with van der Waals surface area (Å²) in [4.78, 5) is 11.4. The summed E-state index contributed by atoms with van der Waals surface area (Å²) in [5.41, 5.74) is 0.240. The highest BCUT2D eigenvalue weighted by Crippen LogP contribution is 2.31. The lowest BCUT2D eigenvalue weighted by molar-refractivity contribution is -0.137. The summed E-state index contributed by atoms with van der Waals surface area (Å²) in [7, 11) is 0. The highest BCUT2D eigenvalue weighted by molar-refractivity contribution is 5.81. The average molecular weight is 274 g/mol. The van der Waals surface area contributed by atoms with Crippen molar-refractivity contribution in [2.75, 3.05) is 11.9 Å². The molecule has 19 heavy (non-hydrogen) atoms. The van der Waals surface area contributed by atoms with Crippen LogP contribution in [0.25, 0.3) is 0 Å². The molecule has 1 amide bonds. The van der Waals surface area contributed by atoms with E-state index in [1.165, 1.54) is 6.07 Å². The molecule has 0 fully saturated rings. The van der Waals surface area contributed by atoms with Crippen LogP contribution in [-0.2, 0) is 11.0 Å². The number of rotatable bonds is 4. The number of carbonyl (C=O) groups excluding carboxylic acids is 1. The Morgan fingerprint density at radius 2 is 1.95 bits per heavy atom. The molecule has 0 aromatic heterocycles. The highest BCUT2D eigenvalue weighted by Gasteiger charge is 2.30. The fourth-order valence-electron chi connectivity index (χ4n) is 1.54. The van der Waals surface area contributed by atoms with E-state index < -0.39 is 11.7 Å². The van der Waals surface area contributed by atoms with Crippen LogP contribution >= 0.6 is 0 Å². The zero-order valence-electron chi connectivity index (χ0n) is 11.1. The van der Waals surface area contributed by atoms with Gasteiger partial charge in [-0.25, -0.2) is 0 Å². The van der Waals surface area contributed by atoms with E-state index in [1.807, 2.05) is 13.8 Å². The van der Waals surface area contributed by atoms with Crippen LogP contribution in [0.5, 0.6) is 0 Å². The molecule has 1 aromatic rings. The smallest absolute Gasteiger partial charge is 0.376 e. The Kier molecular flexibility index (Phi) is 4.80. The standard InChI is InChI=1S/C13H17F3N2O/c1-8(2)18-12(19)7-17-11-6-10(13(14,15)16)5-4-9(11)3/h4-6,8,17H,7H2,1-3H3,(H,18,19). The van der Waals surface area contributed by atoms with Crippen molar-refractivity contribution in [1.82, 2.24) is 5.32 Å². The quantitative estimate of drug-likeness (QED) is 0.886. The van der Waals surface area contributed by atoms with E-state index in [-0.39, 0.29) is 18.5 Å². The molecule has 0 saturated carbocycles. The lowest BCUT2D eigenvalue weighted by Gasteiger charge is -2.14. The minimum Gasteiger partial charge on any atom is -0.376 e. The van der Waals surface area contributed by atoms with Gasteiger partial charge in [-0.2, -0.15) is 13.2 Å². The van der Waals surface area contributed by atoms with Crippen molar-refractivity contribution in [2.45, 2.75) is 33.0 Å². The van der Waals surface area contributed by atoms with Crippen LogP contribution < -0.4 is 10.6 Å². The van der Waals surface area contributed by atoms with Gasteiger partial charge in [0.2, 0.25) is 5.91 Å². The van der Waals surface area contributed by atoms with Crippen LogP contribution in [0.15, 0.2) is 18.2 Å². The SMILES string of the molecule is Cc1ccc(C(F)(F)F)cc1NCC(=O)NC(C)C. The van der Waals surface area contributed by atoms with Crippen molar-refractivity contribution >= 4 is 11.6 Å². The van der Waals surface area contributed by atoms with Crippen LogP contribution in [-0.4, -0.2) is 18.5 Å². The molecule has 0 aliphatic heterocycles. The second-order valence-electron chi connectivity index (χ2n) is 4.60. The van der Waals surface area contributed by atoms with Gasteiger partial charge in [-0.1, -0.05) is 6.07 Å². The Balaban J connectivity index is 2.75. The predicted molar refractivity (Wildman–Crippen MR) is 67.9 cm³/mol. The van der Waals surface area contributed by atoms with E-state index in [9.17, 15) is 18.0 Å². The first-order valence-corrected chi connectivity index (χ1v) is 5.91. The van der Waals surface area contributed by atoms with Crippen LogP contribution in [0, 0.1) is 6.92 Å². The minimum atomic E-state index is -4.38. The second-order valence-corrected chi connectivity index (χ2v) is 4.60. The van der Waals surface area contributed by atoms with Crippen molar-refractivity contribution in [3.8, 4) is 0 Å². The number of alkyl halides is 3. The largest absolute Gasteiger partial charge is 0.416 e. The van der Waals surface area contributed by atoms with Gasteiger partial charge >= 0.3 is 6.18 Å². The average Bonchev–Trinajstić information content (AvgIpc) is 2.25. The first kappa shape index (κ1) is 15.3. The summed E-state index contributed by atoms with van der Waals surface area (Å²) in [6.45, 7) is 5.25. The van der Waals surface area contributed by atoms with Gasteiger partial charge in [0, 0.05) is 11.7 Å². The molecular weight excluding hydrogens is 257 g/mol. The lowest BCUT2D eigenvalue weighted by Crippen LogP contribution is -2.34. The Morgan fingerprint density at radius 1 is 1.32 bits per heavy atom. The molecular formula is C13H17F3N2O. The highest BCUT2D eigenvalue weighted by atomic mass is 19.4. The summed E-state index contributed by atoms with van der Waals surface area (Å²) in [5, 5.41) is 5.37. The molecule has 1 aromatic carbocycles. The van der Waals surface area contributed by atoms with Crippen molar-refractivity contribution in [1.29, 1.82) is 0 Å². The fourth-order valence-corrected chi connectivity index (χ4v) is 1.54. The molecule has 6 heteroatoms. The molecule has 0 atom stereocenters. The summed E-state index contributed by atoms with van der Waals surface area (Å²) in [5.74, 6) is -0.258. The van der Waals surface area contributed by atoms with Crippen LogP contribution in [0.3, 0.4) is 0 Å². The van der Waals surface area contributed by atoms with E-state index in [2.05, 4.69) is 10.6 Å². The summed E-state index contributed by atoms with van der Waals surface area (Å²) >= 11 is 0. The van der Waals surface area contributed by atoms with Gasteiger partial charge < -0.3 is 10.6 Å². The maximum atomic E-state index is 12.6. The maximum Gasteiger partial charge on any atom is 0.416 e. The number of hydrogen-bond acceptors (Lipinski definition) is 2. The third-order valence-corrected chi connectivity index (χ3v) is 2.45. The molecule has 2 N–H and O–H groups in total. The fraction of sp³-hybridized carbons (Fsp3) is 0.462. The number of hydrogen-bond donors (Lipinski definition) is 2. The number of anilines is 1. The summed E-state index contributed by atoms with van der Waals surface area (Å²) in [6.07, 6.45) is -4.38. The molecule has 0 saturated heterocycles. The Labute approximate surface area is 110 Å². The molecule has 0 heterocycles. The van der Waals surface area contributed by atoms with Crippen molar-refractivity contribution < 1.29 is 18.0 Å². The van der Waals surface area contributed by atoms with Crippen LogP contribution in [0.4, 0.5) is 18.9 Å². The van der Waals surface area contributed by atoms with Crippen molar-refractivity contribution in [2.24, 2.45) is 0 Å². The number of benzene rings is 1. The third kappa shape index (κ3) is 4.81. The Morgan fingerprint density at radius 3 is 2.47 bits per heavy atom. The molecule has 0 spiro atoms. The molecule has 0 radical (unpaired) electrons. The van der Waals surface area contributed by atoms with Crippen LogP contribution in [0.1, 0.15) is 25.0 Å². The van der Waals surface area contributed by atoms with E-state index in [4.69, 9.17) is 0 Å². The molecule has 1 rings (SSSR count). The van der Waals surface area contributed by atoms with Crippen LogP contribution in [0.2, 0.25) is 0 Å². The minimum absolute atomic E-state index is 0.00286. The third-order valence-electron chi connectivity index (χ3n) is 2.45. The molecule has 0 bridgehead atoms.